The summed E-state index contributed by atoms with van der Waals surface area (Å²) < 4.78 is 98.1. The number of fused-ring (bicyclic) bond motifs is 1. The van der Waals surface area contributed by atoms with Crippen LogP contribution in [0.25, 0.3) is 10.8 Å². The molecule has 0 saturated heterocycles. The van der Waals surface area contributed by atoms with Crippen LogP contribution in [0.2, 0.25) is 0 Å². The van der Waals surface area contributed by atoms with Gasteiger partial charge in [0.1, 0.15) is 15.8 Å². The van der Waals surface area contributed by atoms with Gasteiger partial charge < -0.3 is 46.2 Å². The average Bonchev–Trinajstić information content (AvgIpc) is 3.01. The maximum Gasteiger partial charge on any atom is 1.00 e. The number of azo groups is 2. The van der Waals surface area contributed by atoms with Crippen molar-refractivity contribution >= 4 is 75.5 Å². The molecule has 0 aliphatic rings. The zero-order chi connectivity index (χ0) is 36.7. The second-order valence-electron chi connectivity index (χ2n) is 9.14. The number of carboxylic acids is 1. The van der Waals surface area contributed by atoms with Gasteiger partial charge in [-0.2, -0.15) is 32.6 Å². The van der Waals surface area contributed by atoms with Crippen LogP contribution < -0.4 is 163 Å². The molecule has 0 heterocycles. The van der Waals surface area contributed by atoms with Gasteiger partial charge in [0.05, 0.1) is 40.8 Å². The molecule has 4 rings (SSSR count). The molecule has 0 amide bonds. The summed E-state index contributed by atoms with van der Waals surface area (Å²) in [6.45, 7) is 2.61. The number of ether oxygens (including phenoxy) is 1. The minimum atomic E-state index is -5.24. The van der Waals surface area contributed by atoms with Crippen LogP contribution >= 0.6 is 0 Å². The number of phenols is 2. The van der Waals surface area contributed by atoms with Crippen LogP contribution in [0.1, 0.15) is 0 Å². The van der Waals surface area contributed by atoms with E-state index in [1.807, 2.05) is 0 Å². The van der Waals surface area contributed by atoms with Gasteiger partial charge in [0, 0.05) is 45.7 Å². The monoisotopic (exact) mass is 913 g/mol. The number of phenolic OH excluding ortho intramolecular Hbond substituents is 2. The van der Waals surface area contributed by atoms with Crippen molar-refractivity contribution in [1.29, 1.82) is 0 Å². The Balaban J connectivity index is -0.00000111. The summed E-state index contributed by atoms with van der Waals surface area (Å²) in [7, 11) is -12.7. The van der Waals surface area contributed by atoms with Crippen molar-refractivity contribution in [3.8, 4) is 17.2 Å². The Bertz CT molecular complexity index is 2320. The Labute approximate surface area is 437 Å². The Kier molecular flexibility index (Phi) is 30.6. The first-order valence-corrected chi connectivity index (χ1v) is 17.2. The normalized spacial score (nSPS) is 10.9. The molecule has 0 aliphatic heterocycles. The van der Waals surface area contributed by atoms with Crippen LogP contribution in [0, 0.1) is 19.1 Å². The van der Waals surface area contributed by atoms with E-state index in [4.69, 9.17) is 22.3 Å². The number of hydrogen-bond donors (Lipinski definition) is 4. The number of anilines is 1. The number of carbonyl (C=O) groups is 1. The molecule has 0 saturated carbocycles. The molecule has 4 aromatic carbocycles. The third kappa shape index (κ3) is 19.0. The number of hydrogen-bond acceptors (Lipinski definition) is 18. The fraction of sp³-hybridized carbons (Fsp3) is 0.111. The molecule has 273 valence electrons. The molecule has 19 nitrogen and oxygen atoms in total. The molecular formula is C27H21CuN5Na5O14S3-. The number of aliphatic carboxylic acids is 1. The van der Waals surface area contributed by atoms with E-state index in [0.29, 0.717) is 6.07 Å². The smallest absolute Gasteiger partial charge is 0.744 e. The standard InChI is InChI=1S/C27H22N5O10S2.Cu.5Na.H2O4S/c1-3-43(37,38)16-5-8-19(24(13-16)44(39,40)41)29-32-26-17-6-10-21(30-31-22-12-15(42-2)4-11-23(22)33)27(36)18(17)7-9-20(26)28-14-25(34)35;;;;;;;1-5(2,3)4/h5-9,11-13,28,33,36H,1,3,14H2,2H3,(H,34,35)(H,39,40,41);;;;;;;(H2,1,2,3,4)/q-3;;5*+1;/p-3. The van der Waals surface area contributed by atoms with Gasteiger partial charge in [-0.1, -0.05) is 28.7 Å². The van der Waals surface area contributed by atoms with Crippen molar-refractivity contribution < 1.29 is 229 Å². The van der Waals surface area contributed by atoms with Gasteiger partial charge in [-0.3, -0.25) is 4.55 Å². The summed E-state index contributed by atoms with van der Waals surface area (Å²) in [5.41, 5.74) is -0.747. The summed E-state index contributed by atoms with van der Waals surface area (Å²) in [6, 6.07) is 14.6. The Morgan fingerprint density at radius 2 is 1.44 bits per heavy atom. The molecule has 4 N–H and O–H groups in total. The molecule has 28 heteroatoms. The third-order valence-corrected chi connectivity index (χ3v) is 8.29. The minimum Gasteiger partial charge on any atom is -0.744 e. The molecule has 0 aliphatic carbocycles. The Morgan fingerprint density at radius 1 is 0.855 bits per heavy atom. The molecule has 0 unspecified atom stereocenters. The maximum atomic E-state index is 12.2. The number of sulfone groups is 1. The van der Waals surface area contributed by atoms with E-state index in [9.17, 15) is 41.5 Å². The molecule has 4 aromatic rings. The van der Waals surface area contributed by atoms with E-state index in [-0.39, 0.29) is 210 Å². The first kappa shape index (κ1) is 61.9. The van der Waals surface area contributed by atoms with Crippen LogP contribution in [0.4, 0.5) is 28.4 Å². The number of benzene rings is 4. The van der Waals surface area contributed by atoms with Crippen LogP contribution in [0.15, 0.2) is 78.8 Å². The molecular weight excluding hydrogens is 893 g/mol. The topological polar surface area (TPSA) is 320 Å². The first-order chi connectivity index (χ1) is 22.7. The van der Waals surface area contributed by atoms with Crippen LogP contribution in [-0.2, 0) is 52.2 Å². The van der Waals surface area contributed by atoms with E-state index in [2.05, 4.69) is 44.8 Å². The fourth-order valence-corrected chi connectivity index (χ4v) is 5.26. The summed E-state index contributed by atoms with van der Waals surface area (Å²) in [5.74, 6) is -2.53. The van der Waals surface area contributed by atoms with Gasteiger partial charge >= 0.3 is 148 Å². The predicted molar refractivity (Wildman–Crippen MR) is 164 cm³/mol. The van der Waals surface area contributed by atoms with E-state index in [0.717, 1.165) is 12.1 Å². The average molecular weight is 914 g/mol. The summed E-state index contributed by atoms with van der Waals surface area (Å²) >= 11 is 0. The molecule has 0 bridgehead atoms. The molecule has 0 atom stereocenters. The zero-order valence-electron chi connectivity index (χ0n) is 29.9. The number of nitrogens with zero attached hydrogens (tertiary/aromatic N) is 4. The second kappa shape index (κ2) is 27.2. The Morgan fingerprint density at radius 3 is 1.96 bits per heavy atom. The van der Waals surface area contributed by atoms with Crippen LogP contribution in [0.5, 0.6) is 17.2 Å². The van der Waals surface area contributed by atoms with Crippen molar-refractivity contribution in [2.45, 2.75) is 9.79 Å². The van der Waals surface area contributed by atoms with Crippen molar-refractivity contribution in [3.63, 3.8) is 0 Å². The number of carbonyl (C=O) groups excluding carboxylic acids is 1. The SMILES string of the molecule is O=S(=O)([O-])O.[CH2-]CS(=O)(=O)c1ccc(N=Nc2c(NCC(=O)[O-])ccc3c(O)c(N=Nc4cc(OC)[c-]cc4O)[c-]cc23)c(S(=O)(=O)[O-])c1.[Cu].[Na+].[Na+].[Na+].[Na+].[Na+]. The van der Waals surface area contributed by atoms with Gasteiger partial charge in [-0.05, 0) is 24.3 Å². The van der Waals surface area contributed by atoms with Crippen LogP contribution in [0.3, 0.4) is 0 Å². The van der Waals surface area contributed by atoms with E-state index >= 15 is 0 Å². The summed E-state index contributed by atoms with van der Waals surface area (Å²) in [6.07, 6.45) is 0. The number of carboxylic acid groups (broad SMARTS) is 1. The van der Waals surface area contributed by atoms with Crippen molar-refractivity contribution in [2.24, 2.45) is 20.5 Å². The number of aromatic hydroxyl groups is 2. The quantitative estimate of drug-likeness (QED) is 0.0357. The summed E-state index contributed by atoms with van der Waals surface area (Å²) in [4.78, 5) is 9.65. The maximum absolute atomic E-state index is 12.2. The van der Waals surface area contributed by atoms with Gasteiger partial charge in [0.15, 0.2) is 9.84 Å². The molecule has 0 aromatic heterocycles. The molecule has 55 heavy (non-hydrogen) atoms. The Hall–Kier alpha value is 0.259. The third-order valence-electron chi connectivity index (χ3n) is 5.92. The van der Waals surface area contributed by atoms with Gasteiger partial charge in [0.25, 0.3) is 0 Å². The van der Waals surface area contributed by atoms with Crippen molar-refractivity contribution in [3.05, 3.63) is 67.6 Å². The first-order valence-electron chi connectivity index (χ1n) is 12.8. The van der Waals surface area contributed by atoms with E-state index in [1.165, 1.54) is 37.4 Å². The molecule has 0 spiro atoms. The summed E-state index contributed by atoms with van der Waals surface area (Å²) in [5, 5.41) is 50.5. The fourth-order valence-electron chi connectivity index (χ4n) is 3.74. The van der Waals surface area contributed by atoms with Gasteiger partial charge in [-0.25, -0.2) is 25.3 Å². The minimum absolute atomic E-state index is 0. The largest absolute Gasteiger partial charge is 1.00 e. The zero-order valence-corrected chi connectivity index (χ0v) is 43.3. The molecule has 0 fully saturated rings. The van der Waals surface area contributed by atoms with Crippen molar-refractivity contribution in [1.82, 2.24) is 0 Å². The predicted octanol–water partition coefficient (Wildman–Crippen LogP) is -12.6. The number of rotatable bonds is 11. The van der Waals surface area contributed by atoms with Crippen molar-refractivity contribution in [2.75, 3.05) is 24.7 Å². The van der Waals surface area contributed by atoms with Gasteiger partial charge in [0.2, 0.25) is 10.4 Å². The molecule has 1 radical (unpaired) electrons. The van der Waals surface area contributed by atoms with E-state index in [1.54, 1.807) is 0 Å². The number of nitrogens with one attached hydrogen (secondary N) is 1. The van der Waals surface area contributed by atoms with Gasteiger partial charge in [-0.15, -0.1) is 12.1 Å². The van der Waals surface area contributed by atoms with E-state index < -0.39 is 69.8 Å². The van der Waals surface area contributed by atoms with Crippen LogP contribution in [-0.4, -0.2) is 74.5 Å². The second-order valence-corrected chi connectivity index (χ2v) is 13.4. The number of methoxy groups -OCH3 is 1.